The van der Waals surface area contributed by atoms with Gasteiger partial charge in [-0.1, -0.05) is 0 Å². The van der Waals surface area contributed by atoms with Crippen LogP contribution in [0.25, 0.3) is 0 Å². The van der Waals surface area contributed by atoms with E-state index in [1.165, 1.54) is 0 Å². The molecule has 0 saturated carbocycles. The van der Waals surface area contributed by atoms with Gasteiger partial charge in [-0.05, 0) is 6.07 Å². The Bertz CT molecular complexity index is 454. The quantitative estimate of drug-likeness (QED) is 0.394. The SMILES string of the molecule is Cn1cc(NC=O)cc1C(=O)NCCN(CCN)CCN. The van der Waals surface area contributed by atoms with Crippen LogP contribution in [-0.4, -0.2) is 61.1 Å². The zero-order valence-corrected chi connectivity index (χ0v) is 12.3. The molecule has 2 amide bonds. The Labute approximate surface area is 124 Å². The molecule has 118 valence electrons. The average molecular weight is 296 g/mol. The molecule has 0 fully saturated rings. The number of nitrogens with one attached hydrogen (secondary N) is 2. The van der Waals surface area contributed by atoms with Crippen LogP contribution in [0.5, 0.6) is 0 Å². The second-order valence-corrected chi connectivity index (χ2v) is 4.66. The molecule has 1 rings (SSSR count). The van der Waals surface area contributed by atoms with E-state index in [0.29, 0.717) is 44.0 Å². The van der Waals surface area contributed by atoms with E-state index in [2.05, 4.69) is 15.5 Å². The number of amides is 2. The van der Waals surface area contributed by atoms with E-state index in [1.807, 2.05) is 0 Å². The van der Waals surface area contributed by atoms with Gasteiger partial charge >= 0.3 is 0 Å². The molecule has 0 aliphatic rings. The van der Waals surface area contributed by atoms with E-state index in [4.69, 9.17) is 11.5 Å². The molecule has 0 aliphatic carbocycles. The van der Waals surface area contributed by atoms with Gasteiger partial charge in [0.1, 0.15) is 5.69 Å². The minimum Gasteiger partial charge on any atom is -0.349 e. The molecular weight excluding hydrogens is 272 g/mol. The van der Waals surface area contributed by atoms with Crippen LogP contribution >= 0.6 is 0 Å². The molecule has 0 unspecified atom stereocenters. The van der Waals surface area contributed by atoms with Crippen molar-refractivity contribution < 1.29 is 9.59 Å². The van der Waals surface area contributed by atoms with E-state index in [0.717, 1.165) is 13.1 Å². The lowest BCUT2D eigenvalue weighted by molar-refractivity contribution is -0.105. The van der Waals surface area contributed by atoms with Gasteiger partial charge in [-0.2, -0.15) is 0 Å². The summed E-state index contributed by atoms with van der Waals surface area (Å²) >= 11 is 0. The van der Waals surface area contributed by atoms with Crippen molar-refractivity contribution in [1.29, 1.82) is 0 Å². The minimum atomic E-state index is -0.183. The molecule has 0 aromatic carbocycles. The number of aromatic nitrogens is 1. The number of nitrogens with zero attached hydrogens (tertiary/aromatic N) is 2. The molecule has 0 spiro atoms. The highest BCUT2D eigenvalue weighted by molar-refractivity contribution is 5.94. The predicted octanol–water partition coefficient (Wildman–Crippen LogP) is -1.46. The van der Waals surface area contributed by atoms with Crippen LogP contribution in [0.15, 0.2) is 12.3 Å². The summed E-state index contributed by atoms with van der Waals surface area (Å²) in [5.74, 6) is -0.183. The van der Waals surface area contributed by atoms with Crippen molar-refractivity contribution in [2.45, 2.75) is 0 Å². The van der Waals surface area contributed by atoms with Crippen molar-refractivity contribution >= 4 is 18.0 Å². The number of hydrogen-bond acceptors (Lipinski definition) is 5. The van der Waals surface area contributed by atoms with Gasteiger partial charge in [-0.25, -0.2) is 0 Å². The second kappa shape index (κ2) is 9.11. The molecule has 8 nitrogen and oxygen atoms in total. The zero-order valence-electron chi connectivity index (χ0n) is 12.3. The number of carbonyl (C=O) groups excluding carboxylic acids is 2. The van der Waals surface area contributed by atoms with Crippen LogP contribution < -0.4 is 22.1 Å². The van der Waals surface area contributed by atoms with Crippen molar-refractivity contribution in [1.82, 2.24) is 14.8 Å². The Morgan fingerprint density at radius 3 is 2.57 bits per heavy atom. The summed E-state index contributed by atoms with van der Waals surface area (Å²) in [5, 5.41) is 5.36. The largest absolute Gasteiger partial charge is 0.349 e. The highest BCUT2D eigenvalue weighted by atomic mass is 16.2. The van der Waals surface area contributed by atoms with Crippen LogP contribution in [0.4, 0.5) is 5.69 Å². The lowest BCUT2D eigenvalue weighted by atomic mass is 10.3. The summed E-state index contributed by atoms with van der Waals surface area (Å²) in [6.45, 7) is 3.85. The van der Waals surface area contributed by atoms with Crippen LogP contribution in [-0.2, 0) is 11.8 Å². The van der Waals surface area contributed by atoms with Gasteiger partial charge < -0.3 is 26.7 Å². The third-order valence-electron chi connectivity index (χ3n) is 3.07. The lowest BCUT2D eigenvalue weighted by Crippen LogP contribution is -2.40. The Morgan fingerprint density at radius 1 is 1.33 bits per heavy atom. The predicted molar refractivity (Wildman–Crippen MR) is 82.0 cm³/mol. The van der Waals surface area contributed by atoms with Crippen LogP contribution in [0.2, 0.25) is 0 Å². The monoisotopic (exact) mass is 296 g/mol. The molecule has 0 aliphatic heterocycles. The molecular formula is C13H24N6O2. The molecule has 0 bridgehead atoms. The standard InChI is InChI=1S/C13H24N6O2/c1-18-9-11(17-10-20)8-12(18)13(21)16-4-7-19(5-2-14)6-3-15/h8-10H,2-7,14-15H2,1H3,(H,16,21)(H,17,20). The van der Waals surface area contributed by atoms with E-state index in [1.54, 1.807) is 23.9 Å². The summed E-state index contributed by atoms with van der Waals surface area (Å²) in [6.07, 6.45) is 2.26. The van der Waals surface area contributed by atoms with Crippen molar-refractivity contribution in [2.24, 2.45) is 18.5 Å². The maximum Gasteiger partial charge on any atom is 0.268 e. The molecule has 0 atom stereocenters. The number of anilines is 1. The maximum absolute atomic E-state index is 12.1. The Hall–Kier alpha value is -1.90. The first-order valence-electron chi connectivity index (χ1n) is 6.89. The van der Waals surface area contributed by atoms with Crippen molar-refractivity contribution in [3.05, 3.63) is 18.0 Å². The van der Waals surface area contributed by atoms with Gasteiger partial charge in [-0.15, -0.1) is 0 Å². The summed E-state index contributed by atoms with van der Waals surface area (Å²) < 4.78 is 1.67. The molecule has 1 aromatic heterocycles. The molecule has 8 heteroatoms. The van der Waals surface area contributed by atoms with Gasteiger partial charge in [0.15, 0.2) is 0 Å². The van der Waals surface area contributed by atoms with E-state index in [9.17, 15) is 9.59 Å². The van der Waals surface area contributed by atoms with Crippen LogP contribution in [0.3, 0.4) is 0 Å². The van der Waals surface area contributed by atoms with E-state index >= 15 is 0 Å². The maximum atomic E-state index is 12.1. The Kier molecular flexibility index (Phi) is 7.44. The summed E-state index contributed by atoms with van der Waals surface area (Å²) in [7, 11) is 1.75. The average Bonchev–Trinajstić information content (AvgIpc) is 2.80. The first-order valence-corrected chi connectivity index (χ1v) is 6.89. The van der Waals surface area contributed by atoms with Crippen molar-refractivity contribution in [2.75, 3.05) is 44.6 Å². The fourth-order valence-electron chi connectivity index (χ4n) is 2.06. The van der Waals surface area contributed by atoms with E-state index in [-0.39, 0.29) is 5.91 Å². The molecule has 1 aromatic rings. The third kappa shape index (κ3) is 5.54. The molecule has 21 heavy (non-hydrogen) atoms. The number of hydrogen-bond donors (Lipinski definition) is 4. The summed E-state index contributed by atoms with van der Waals surface area (Å²) in [5.41, 5.74) is 12.1. The topological polar surface area (TPSA) is 118 Å². The van der Waals surface area contributed by atoms with E-state index < -0.39 is 0 Å². The number of aryl methyl sites for hydroxylation is 1. The molecule has 0 saturated heterocycles. The smallest absolute Gasteiger partial charge is 0.268 e. The highest BCUT2D eigenvalue weighted by Crippen LogP contribution is 2.11. The zero-order chi connectivity index (χ0) is 15.7. The Morgan fingerprint density at radius 2 is 2.00 bits per heavy atom. The van der Waals surface area contributed by atoms with Crippen molar-refractivity contribution in [3.63, 3.8) is 0 Å². The van der Waals surface area contributed by atoms with Crippen LogP contribution in [0, 0.1) is 0 Å². The molecule has 6 N–H and O–H groups in total. The first-order chi connectivity index (χ1) is 10.1. The minimum absolute atomic E-state index is 0.183. The Balaban J connectivity index is 2.47. The van der Waals surface area contributed by atoms with Gasteiger partial charge in [-0.3, -0.25) is 14.5 Å². The van der Waals surface area contributed by atoms with Crippen molar-refractivity contribution in [3.8, 4) is 0 Å². The fourth-order valence-corrected chi connectivity index (χ4v) is 2.06. The molecule has 1 heterocycles. The third-order valence-corrected chi connectivity index (χ3v) is 3.07. The van der Waals surface area contributed by atoms with Gasteiger partial charge in [0.25, 0.3) is 5.91 Å². The normalized spacial score (nSPS) is 10.7. The number of rotatable bonds is 10. The van der Waals surface area contributed by atoms with Gasteiger partial charge in [0.05, 0.1) is 5.69 Å². The first kappa shape index (κ1) is 17.2. The van der Waals surface area contributed by atoms with Gasteiger partial charge in [0, 0.05) is 52.5 Å². The fraction of sp³-hybridized carbons (Fsp3) is 0.538. The second-order valence-electron chi connectivity index (χ2n) is 4.66. The highest BCUT2D eigenvalue weighted by Gasteiger charge is 2.11. The lowest BCUT2D eigenvalue weighted by Gasteiger charge is -2.20. The van der Waals surface area contributed by atoms with Crippen LogP contribution in [0.1, 0.15) is 10.5 Å². The summed E-state index contributed by atoms with van der Waals surface area (Å²) in [6, 6.07) is 1.63. The van der Waals surface area contributed by atoms with Gasteiger partial charge in [0.2, 0.25) is 6.41 Å². The number of carbonyl (C=O) groups is 2. The number of nitrogens with two attached hydrogens (primary N) is 2. The summed E-state index contributed by atoms with van der Waals surface area (Å²) in [4.78, 5) is 24.6. The molecule has 0 radical (unpaired) electrons.